The van der Waals surface area contributed by atoms with Crippen LogP contribution >= 0.6 is 0 Å². The van der Waals surface area contributed by atoms with E-state index in [4.69, 9.17) is 4.74 Å². The molecule has 0 amide bonds. The van der Waals surface area contributed by atoms with E-state index < -0.39 is 6.10 Å². The third-order valence-electron chi connectivity index (χ3n) is 3.71. The fourth-order valence-electron chi connectivity index (χ4n) is 2.57. The molecule has 0 spiro atoms. The van der Waals surface area contributed by atoms with Crippen LogP contribution in [0.5, 0.6) is 0 Å². The summed E-state index contributed by atoms with van der Waals surface area (Å²) in [7, 11) is 0. The molecule has 0 N–H and O–H groups in total. The summed E-state index contributed by atoms with van der Waals surface area (Å²) in [6, 6.07) is 20.8. The van der Waals surface area contributed by atoms with Gasteiger partial charge in [0.2, 0.25) is 5.78 Å². The summed E-state index contributed by atoms with van der Waals surface area (Å²) in [5, 5.41) is 9.29. The molecule has 1 aliphatic rings. The lowest BCUT2D eigenvalue weighted by molar-refractivity contribution is 0.0703. The van der Waals surface area contributed by atoms with E-state index in [1.54, 1.807) is 12.1 Å². The highest BCUT2D eigenvalue weighted by Crippen LogP contribution is 2.31. The summed E-state index contributed by atoms with van der Waals surface area (Å²) in [5.74, 6) is 0.495. The van der Waals surface area contributed by atoms with Gasteiger partial charge in [0.05, 0.1) is 11.6 Å². The van der Waals surface area contributed by atoms with Gasteiger partial charge in [0.25, 0.3) is 0 Å². The van der Waals surface area contributed by atoms with Crippen molar-refractivity contribution in [3.63, 3.8) is 0 Å². The first-order valence-electron chi connectivity index (χ1n) is 7.24. The second-order valence-electron chi connectivity index (χ2n) is 5.16. The van der Waals surface area contributed by atoms with Crippen LogP contribution in [0.3, 0.4) is 0 Å². The Kier molecular flexibility index (Phi) is 4.02. The highest BCUT2D eigenvalue weighted by atomic mass is 16.5. The van der Waals surface area contributed by atoms with Crippen molar-refractivity contribution in [1.29, 1.82) is 5.26 Å². The van der Waals surface area contributed by atoms with Crippen LogP contribution in [-0.4, -0.2) is 11.9 Å². The van der Waals surface area contributed by atoms with Gasteiger partial charge in [-0.25, -0.2) is 0 Å². The number of Topliss-reactive ketones (excluding diaryl/α,β-unsaturated/α-hetero) is 1. The summed E-state index contributed by atoms with van der Waals surface area (Å²) < 4.78 is 5.90. The van der Waals surface area contributed by atoms with Gasteiger partial charge in [-0.3, -0.25) is 4.79 Å². The van der Waals surface area contributed by atoms with E-state index >= 15 is 0 Å². The predicted molar refractivity (Wildman–Crippen MR) is 83.9 cm³/mol. The van der Waals surface area contributed by atoms with E-state index in [-0.39, 0.29) is 5.78 Å². The summed E-state index contributed by atoms with van der Waals surface area (Å²) in [5.41, 5.74) is 2.08. The minimum absolute atomic E-state index is 0.0361. The van der Waals surface area contributed by atoms with Crippen LogP contribution in [0.2, 0.25) is 0 Å². The SMILES string of the molecule is N#CC1=C(c2ccccc2)OC(C(=O)c2ccccc2)CC1. The lowest BCUT2D eigenvalue weighted by Crippen LogP contribution is -2.27. The lowest BCUT2D eigenvalue weighted by Gasteiger charge is -2.25. The van der Waals surface area contributed by atoms with E-state index in [0.29, 0.717) is 29.7 Å². The van der Waals surface area contributed by atoms with Crippen molar-refractivity contribution in [3.8, 4) is 6.07 Å². The number of allylic oxidation sites excluding steroid dienone is 1. The highest BCUT2D eigenvalue weighted by molar-refractivity contribution is 6.00. The maximum Gasteiger partial charge on any atom is 0.203 e. The highest BCUT2D eigenvalue weighted by Gasteiger charge is 2.29. The number of nitrogens with zero attached hydrogens (tertiary/aromatic N) is 1. The molecule has 1 unspecified atom stereocenters. The van der Waals surface area contributed by atoms with Crippen molar-refractivity contribution in [2.24, 2.45) is 0 Å². The monoisotopic (exact) mass is 289 g/mol. The Balaban J connectivity index is 1.89. The Morgan fingerprint density at radius 2 is 1.68 bits per heavy atom. The molecule has 0 saturated heterocycles. The van der Waals surface area contributed by atoms with Gasteiger partial charge in [-0.2, -0.15) is 5.26 Å². The Morgan fingerprint density at radius 3 is 2.32 bits per heavy atom. The van der Waals surface area contributed by atoms with Gasteiger partial charge >= 0.3 is 0 Å². The van der Waals surface area contributed by atoms with Crippen LogP contribution in [-0.2, 0) is 4.74 Å². The van der Waals surface area contributed by atoms with Crippen molar-refractivity contribution in [2.75, 3.05) is 0 Å². The van der Waals surface area contributed by atoms with Crippen molar-refractivity contribution in [1.82, 2.24) is 0 Å². The molecular formula is C19H15NO2. The van der Waals surface area contributed by atoms with E-state index in [9.17, 15) is 10.1 Å². The molecule has 0 radical (unpaired) electrons. The van der Waals surface area contributed by atoms with Crippen molar-refractivity contribution >= 4 is 11.5 Å². The van der Waals surface area contributed by atoms with Crippen molar-refractivity contribution in [2.45, 2.75) is 18.9 Å². The molecule has 1 heterocycles. The quantitative estimate of drug-likeness (QED) is 0.803. The third-order valence-corrected chi connectivity index (χ3v) is 3.71. The summed E-state index contributed by atoms with van der Waals surface area (Å²) in [6.07, 6.45) is 0.561. The van der Waals surface area contributed by atoms with Gasteiger partial charge in [0.15, 0.2) is 6.10 Å². The maximum absolute atomic E-state index is 12.5. The molecule has 3 rings (SSSR count). The second kappa shape index (κ2) is 6.28. The largest absolute Gasteiger partial charge is 0.481 e. The third kappa shape index (κ3) is 2.77. The van der Waals surface area contributed by atoms with E-state index in [0.717, 1.165) is 5.56 Å². The van der Waals surface area contributed by atoms with Gasteiger partial charge in [0.1, 0.15) is 5.76 Å². The lowest BCUT2D eigenvalue weighted by atomic mass is 9.95. The van der Waals surface area contributed by atoms with E-state index in [1.807, 2.05) is 48.5 Å². The molecule has 0 bridgehead atoms. The average molecular weight is 289 g/mol. The van der Waals surface area contributed by atoms with Crippen LogP contribution in [0.4, 0.5) is 0 Å². The first-order valence-corrected chi connectivity index (χ1v) is 7.24. The molecule has 2 aromatic carbocycles. The Bertz CT molecular complexity index is 742. The van der Waals surface area contributed by atoms with Crippen LogP contribution in [0.1, 0.15) is 28.8 Å². The van der Waals surface area contributed by atoms with Gasteiger partial charge in [-0.1, -0.05) is 60.7 Å². The Labute approximate surface area is 129 Å². The van der Waals surface area contributed by atoms with Gasteiger partial charge in [-0.05, 0) is 12.8 Å². The number of ether oxygens (including phenoxy) is 1. The van der Waals surface area contributed by atoms with Gasteiger partial charge in [-0.15, -0.1) is 0 Å². The fourth-order valence-corrected chi connectivity index (χ4v) is 2.57. The fraction of sp³-hybridized carbons (Fsp3) is 0.158. The first-order chi connectivity index (χ1) is 10.8. The van der Waals surface area contributed by atoms with Gasteiger partial charge < -0.3 is 4.74 Å². The molecule has 3 nitrogen and oxygen atoms in total. The zero-order valence-corrected chi connectivity index (χ0v) is 12.0. The standard InChI is InChI=1S/C19H15NO2/c20-13-16-11-12-17(18(21)14-7-3-1-4-8-14)22-19(16)15-9-5-2-6-10-15/h1-10,17H,11-12H2. The number of ketones is 1. The topological polar surface area (TPSA) is 50.1 Å². The molecule has 0 saturated carbocycles. The molecule has 2 aromatic rings. The predicted octanol–water partition coefficient (Wildman–Crippen LogP) is 3.98. The second-order valence-corrected chi connectivity index (χ2v) is 5.16. The summed E-state index contributed by atoms with van der Waals surface area (Å²) >= 11 is 0. The first kappa shape index (κ1) is 14.1. The molecule has 1 atom stereocenters. The molecule has 3 heteroatoms. The van der Waals surface area contributed by atoms with Gasteiger partial charge in [0, 0.05) is 11.1 Å². The zero-order chi connectivity index (χ0) is 15.4. The molecule has 22 heavy (non-hydrogen) atoms. The Morgan fingerprint density at radius 1 is 1.05 bits per heavy atom. The van der Waals surface area contributed by atoms with E-state index in [2.05, 4.69) is 6.07 Å². The van der Waals surface area contributed by atoms with Crippen molar-refractivity contribution in [3.05, 3.63) is 77.4 Å². The molecule has 0 aromatic heterocycles. The van der Waals surface area contributed by atoms with Crippen LogP contribution in [0.15, 0.2) is 66.2 Å². The van der Waals surface area contributed by atoms with Crippen LogP contribution in [0, 0.1) is 11.3 Å². The molecule has 0 fully saturated rings. The minimum Gasteiger partial charge on any atom is -0.481 e. The van der Waals surface area contributed by atoms with E-state index in [1.165, 1.54) is 0 Å². The van der Waals surface area contributed by atoms with Crippen LogP contribution in [0.25, 0.3) is 5.76 Å². The molecule has 1 aliphatic heterocycles. The average Bonchev–Trinajstić information content (AvgIpc) is 2.62. The number of benzene rings is 2. The molecule has 108 valence electrons. The van der Waals surface area contributed by atoms with Crippen molar-refractivity contribution < 1.29 is 9.53 Å². The summed E-state index contributed by atoms with van der Waals surface area (Å²) in [6.45, 7) is 0. The number of rotatable bonds is 3. The Hall–Kier alpha value is -2.86. The maximum atomic E-state index is 12.5. The molecule has 0 aliphatic carbocycles. The number of hydrogen-bond acceptors (Lipinski definition) is 3. The number of nitriles is 1. The smallest absolute Gasteiger partial charge is 0.203 e. The normalized spacial score (nSPS) is 17.5. The minimum atomic E-state index is -0.533. The molecular weight excluding hydrogens is 274 g/mol. The number of hydrogen-bond donors (Lipinski definition) is 0. The van der Waals surface area contributed by atoms with Crippen LogP contribution < -0.4 is 0 Å². The number of carbonyl (C=O) groups excluding carboxylic acids is 1. The number of carbonyl (C=O) groups is 1. The zero-order valence-electron chi connectivity index (χ0n) is 12.0. The summed E-state index contributed by atoms with van der Waals surface area (Å²) in [4.78, 5) is 12.5.